The molecule has 0 atom stereocenters. The van der Waals surface area contributed by atoms with E-state index in [1.54, 1.807) is 11.3 Å². The lowest BCUT2D eigenvalue weighted by molar-refractivity contribution is 0.241. The number of aromatic nitrogens is 3. The van der Waals surface area contributed by atoms with E-state index >= 15 is 0 Å². The normalized spacial score (nSPS) is 11.3. The fourth-order valence-electron chi connectivity index (χ4n) is 3.64. The van der Waals surface area contributed by atoms with Gasteiger partial charge in [0.2, 0.25) is 0 Å². The van der Waals surface area contributed by atoms with Gasteiger partial charge in [-0.1, -0.05) is 36.4 Å². The molecule has 0 saturated carbocycles. The van der Waals surface area contributed by atoms with Crippen molar-refractivity contribution >= 4 is 21.4 Å². The van der Waals surface area contributed by atoms with E-state index in [1.165, 1.54) is 20.5 Å². The Bertz CT molecular complexity index is 1180. The summed E-state index contributed by atoms with van der Waals surface area (Å²) in [5.74, 6) is 0. The van der Waals surface area contributed by atoms with Crippen LogP contribution in [0.4, 0.5) is 0 Å². The molecule has 0 saturated heterocycles. The van der Waals surface area contributed by atoms with Crippen LogP contribution in [0.3, 0.4) is 0 Å². The predicted octanol–water partition coefficient (Wildman–Crippen LogP) is 5.96. The summed E-state index contributed by atoms with van der Waals surface area (Å²) in [5, 5.41) is 1.27. The van der Waals surface area contributed by atoms with Gasteiger partial charge < -0.3 is 0 Å². The van der Waals surface area contributed by atoms with E-state index in [0.29, 0.717) is 0 Å². The maximum Gasteiger partial charge on any atom is 0.0802 e. The second-order valence-electron chi connectivity index (χ2n) is 7.49. The van der Waals surface area contributed by atoms with Gasteiger partial charge in [-0.2, -0.15) is 0 Å². The Morgan fingerprint density at radius 2 is 1.39 bits per heavy atom. The van der Waals surface area contributed by atoms with Crippen molar-refractivity contribution in [3.05, 3.63) is 114 Å². The first kappa shape index (κ1) is 19.5. The van der Waals surface area contributed by atoms with Crippen molar-refractivity contribution < 1.29 is 0 Å². The number of pyridine rings is 3. The van der Waals surface area contributed by atoms with Crippen LogP contribution in [0.15, 0.2) is 97.5 Å². The zero-order valence-corrected chi connectivity index (χ0v) is 17.9. The molecule has 1 aromatic carbocycles. The summed E-state index contributed by atoms with van der Waals surface area (Å²) in [4.78, 5) is 17.3. The van der Waals surface area contributed by atoms with E-state index in [1.807, 2.05) is 42.9 Å². The second-order valence-corrected chi connectivity index (χ2v) is 8.57. The molecule has 4 aromatic heterocycles. The molecule has 0 aliphatic carbocycles. The molecule has 4 nitrogen and oxygen atoms in total. The van der Waals surface area contributed by atoms with Gasteiger partial charge in [0.25, 0.3) is 0 Å². The molecule has 0 fully saturated rings. The van der Waals surface area contributed by atoms with Crippen molar-refractivity contribution in [2.75, 3.05) is 0 Å². The Morgan fingerprint density at radius 3 is 2.00 bits per heavy atom. The van der Waals surface area contributed by atoms with E-state index in [-0.39, 0.29) is 0 Å². The number of hydrogen-bond acceptors (Lipinski definition) is 5. The van der Waals surface area contributed by atoms with Crippen LogP contribution in [0.25, 0.3) is 20.7 Å². The fourth-order valence-corrected chi connectivity index (χ4v) is 4.68. The van der Waals surface area contributed by atoms with Gasteiger partial charge in [0.1, 0.15) is 0 Å². The van der Waals surface area contributed by atoms with Gasteiger partial charge in [-0.25, -0.2) is 0 Å². The molecule has 5 rings (SSSR count). The number of benzene rings is 1. The van der Waals surface area contributed by atoms with Crippen molar-refractivity contribution in [2.24, 2.45) is 0 Å². The van der Waals surface area contributed by atoms with E-state index in [0.717, 1.165) is 36.7 Å². The average molecular weight is 423 g/mol. The molecule has 5 aromatic rings. The van der Waals surface area contributed by atoms with Crippen LogP contribution in [0, 0.1) is 0 Å². The fraction of sp³-hybridized carbons (Fsp3) is 0.115. The van der Waals surface area contributed by atoms with Crippen molar-refractivity contribution in [1.82, 2.24) is 19.9 Å². The maximum atomic E-state index is 4.76. The van der Waals surface area contributed by atoms with Crippen molar-refractivity contribution in [3.63, 3.8) is 0 Å². The molecule has 0 amide bonds. The topological polar surface area (TPSA) is 41.9 Å². The van der Waals surface area contributed by atoms with E-state index in [9.17, 15) is 0 Å². The number of fused-ring (bicyclic) bond motifs is 1. The first-order valence-electron chi connectivity index (χ1n) is 10.3. The minimum absolute atomic E-state index is 0.759. The molecule has 0 aliphatic rings. The second kappa shape index (κ2) is 9.16. The Labute approximate surface area is 185 Å². The van der Waals surface area contributed by atoms with Gasteiger partial charge in [-0.3, -0.25) is 19.9 Å². The summed E-state index contributed by atoms with van der Waals surface area (Å²) in [7, 11) is 0. The number of nitrogens with zero attached hydrogens (tertiary/aromatic N) is 4. The first-order valence-corrected chi connectivity index (χ1v) is 11.1. The van der Waals surface area contributed by atoms with E-state index in [2.05, 4.69) is 69.5 Å². The molecule has 0 spiro atoms. The molecule has 0 bridgehead atoms. The summed E-state index contributed by atoms with van der Waals surface area (Å²) in [6, 6.07) is 27.1. The summed E-state index contributed by atoms with van der Waals surface area (Å²) in [5.41, 5.74) is 4.30. The van der Waals surface area contributed by atoms with Gasteiger partial charge in [-0.15, -0.1) is 11.3 Å². The standard InChI is InChI=1S/C26H22N4S/c1-2-10-25-21(7-1)15-26(31-25)24-12-11-20(16-29-24)17-30(18-22-8-3-5-13-27-22)19-23-9-4-6-14-28-23/h1-16H,17-19H2. The van der Waals surface area contributed by atoms with Crippen molar-refractivity contribution in [3.8, 4) is 10.6 Å². The quantitative estimate of drug-likeness (QED) is 0.325. The third-order valence-electron chi connectivity index (χ3n) is 5.13. The molecule has 0 unspecified atom stereocenters. The molecule has 152 valence electrons. The van der Waals surface area contributed by atoms with Gasteiger partial charge in [0, 0.05) is 42.9 Å². The van der Waals surface area contributed by atoms with Gasteiger partial charge in [0.05, 0.1) is 22.0 Å². The summed E-state index contributed by atoms with van der Waals surface area (Å²) in [6.07, 6.45) is 5.68. The highest BCUT2D eigenvalue weighted by Gasteiger charge is 2.11. The minimum Gasteiger partial charge on any atom is -0.287 e. The molecule has 0 radical (unpaired) electrons. The maximum absolute atomic E-state index is 4.76. The van der Waals surface area contributed by atoms with Crippen molar-refractivity contribution in [2.45, 2.75) is 19.6 Å². The zero-order valence-electron chi connectivity index (χ0n) is 17.1. The Balaban J connectivity index is 1.35. The Hall–Kier alpha value is -3.41. The first-order chi connectivity index (χ1) is 15.3. The van der Waals surface area contributed by atoms with Crippen LogP contribution < -0.4 is 0 Å². The summed E-state index contributed by atoms with van der Waals surface area (Å²) < 4.78 is 1.29. The lowest BCUT2D eigenvalue weighted by Crippen LogP contribution is -2.23. The molecule has 5 heteroatoms. The van der Waals surface area contributed by atoms with E-state index < -0.39 is 0 Å². The van der Waals surface area contributed by atoms with Crippen LogP contribution in [0.1, 0.15) is 17.0 Å². The third-order valence-corrected chi connectivity index (χ3v) is 6.27. The average Bonchev–Trinajstić information content (AvgIpc) is 3.25. The van der Waals surface area contributed by atoms with Crippen LogP contribution in [0.5, 0.6) is 0 Å². The Morgan fingerprint density at radius 1 is 0.677 bits per heavy atom. The van der Waals surface area contributed by atoms with Crippen LogP contribution in [-0.2, 0) is 19.6 Å². The lowest BCUT2D eigenvalue weighted by atomic mass is 10.2. The molecule has 4 heterocycles. The van der Waals surface area contributed by atoms with Crippen LogP contribution in [0.2, 0.25) is 0 Å². The van der Waals surface area contributed by atoms with Crippen molar-refractivity contribution in [1.29, 1.82) is 0 Å². The zero-order chi connectivity index (χ0) is 20.9. The highest BCUT2D eigenvalue weighted by Crippen LogP contribution is 2.32. The van der Waals surface area contributed by atoms with Crippen LogP contribution >= 0.6 is 11.3 Å². The summed E-state index contributed by atoms with van der Waals surface area (Å²) in [6.45, 7) is 2.30. The summed E-state index contributed by atoms with van der Waals surface area (Å²) >= 11 is 1.78. The third kappa shape index (κ3) is 4.85. The number of thiophene rings is 1. The predicted molar refractivity (Wildman–Crippen MR) is 126 cm³/mol. The Kier molecular flexibility index (Phi) is 5.78. The lowest BCUT2D eigenvalue weighted by Gasteiger charge is -2.21. The monoisotopic (exact) mass is 422 g/mol. The van der Waals surface area contributed by atoms with Gasteiger partial charge in [0.15, 0.2) is 0 Å². The smallest absolute Gasteiger partial charge is 0.0802 e. The number of rotatable bonds is 7. The number of hydrogen-bond donors (Lipinski definition) is 0. The highest BCUT2D eigenvalue weighted by atomic mass is 32.1. The molecule has 0 aliphatic heterocycles. The molecular formula is C26H22N4S. The highest BCUT2D eigenvalue weighted by molar-refractivity contribution is 7.22. The largest absolute Gasteiger partial charge is 0.287 e. The van der Waals surface area contributed by atoms with Gasteiger partial charge >= 0.3 is 0 Å². The minimum atomic E-state index is 0.759. The SMILES string of the molecule is c1ccc(CN(Cc2ccc(-c3cc4ccccc4s3)nc2)Cc2ccccn2)nc1. The molecule has 31 heavy (non-hydrogen) atoms. The van der Waals surface area contributed by atoms with Gasteiger partial charge in [-0.05, 0) is 53.4 Å². The van der Waals surface area contributed by atoms with Crippen LogP contribution in [-0.4, -0.2) is 19.9 Å². The van der Waals surface area contributed by atoms with E-state index in [4.69, 9.17) is 4.98 Å². The molecule has 0 N–H and O–H groups in total. The molecular weight excluding hydrogens is 400 g/mol.